The van der Waals surface area contributed by atoms with Gasteiger partial charge in [-0.25, -0.2) is 0 Å². The van der Waals surface area contributed by atoms with Crippen molar-refractivity contribution in [3.05, 3.63) is 12.7 Å². The second kappa shape index (κ2) is 5.53. The van der Waals surface area contributed by atoms with E-state index in [1.807, 2.05) is 0 Å². The summed E-state index contributed by atoms with van der Waals surface area (Å²) in [5.74, 6) is -1.14. The number of carboxylic acid groups (broad SMARTS) is 1. The second-order valence-corrected chi connectivity index (χ2v) is 3.84. The Labute approximate surface area is 89.6 Å². The summed E-state index contributed by atoms with van der Waals surface area (Å²) < 4.78 is 0. The Balaban J connectivity index is 2.44. The fourth-order valence-electron chi connectivity index (χ4n) is 1.79. The predicted molar refractivity (Wildman–Crippen MR) is 56.4 cm³/mol. The van der Waals surface area contributed by atoms with Gasteiger partial charge in [-0.05, 0) is 19.3 Å². The van der Waals surface area contributed by atoms with Gasteiger partial charge in [-0.15, -0.1) is 6.58 Å². The lowest BCUT2D eigenvalue weighted by molar-refractivity contribution is -0.145. The molecule has 1 unspecified atom stereocenters. The molecule has 1 saturated heterocycles. The highest BCUT2D eigenvalue weighted by Crippen LogP contribution is 2.17. The summed E-state index contributed by atoms with van der Waals surface area (Å²) in [5, 5.41) is 8.86. The van der Waals surface area contributed by atoms with Crippen LogP contribution < -0.4 is 0 Å². The van der Waals surface area contributed by atoms with Crippen LogP contribution in [-0.2, 0) is 9.59 Å². The Bertz CT molecular complexity index is 263. The minimum atomic E-state index is -0.795. The summed E-state index contributed by atoms with van der Waals surface area (Å²) in [6, 6.07) is 0. The van der Waals surface area contributed by atoms with Gasteiger partial charge in [0.1, 0.15) is 0 Å². The van der Waals surface area contributed by atoms with E-state index in [2.05, 4.69) is 6.58 Å². The van der Waals surface area contributed by atoms with Gasteiger partial charge in [-0.3, -0.25) is 9.59 Å². The topological polar surface area (TPSA) is 57.6 Å². The van der Waals surface area contributed by atoms with Gasteiger partial charge in [0.25, 0.3) is 0 Å². The molecule has 1 fully saturated rings. The number of rotatable bonds is 4. The van der Waals surface area contributed by atoms with E-state index in [1.54, 1.807) is 11.0 Å². The molecular weight excluding hydrogens is 194 g/mol. The number of amides is 1. The number of carbonyl (C=O) groups is 2. The fraction of sp³-hybridized carbons (Fsp3) is 0.636. The summed E-state index contributed by atoms with van der Waals surface area (Å²) in [4.78, 5) is 24.1. The highest BCUT2D eigenvalue weighted by atomic mass is 16.4. The average molecular weight is 211 g/mol. The van der Waals surface area contributed by atoms with Gasteiger partial charge < -0.3 is 10.0 Å². The van der Waals surface area contributed by atoms with Crippen LogP contribution >= 0.6 is 0 Å². The van der Waals surface area contributed by atoms with Gasteiger partial charge in [0, 0.05) is 19.5 Å². The molecule has 0 aromatic carbocycles. The maximum absolute atomic E-state index is 11.6. The number of carboxylic acids is 1. The van der Waals surface area contributed by atoms with Crippen LogP contribution in [0.3, 0.4) is 0 Å². The monoisotopic (exact) mass is 211 g/mol. The average Bonchev–Trinajstić information content (AvgIpc) is 2.26. The Hall–Kier alpha value is -1.32. The molecule has 84 valence electrons. The lowest BCUT2D eigenvalue weighted by Gasteiger charge is -2.30. The van der Waals surface area contributed by atoms with Crippen molar-refractivity contribution in [1.29, 1.82) is 0 Å². The predicted octanol–water partition coefficient (Wildman–Crippen LogP) is 1.28. The van der Waals surface area contributed by atoms with Crippen LogP contribution in [-0.4, -0.2) is 35.0 Å². The molecule has 0 spiro atoms. The van der Waals surface area contributed by atoms with Crippen molar-refractivity contribution in [2.45, 2.75) is 25.7 Å². The number of piperidine rings is 1. The molecule has 0 aliphatic carbocycles. The molecule has 1 aliphatic rings. The largest absolute Gasteiger partial charge is 0.481 e. The molecule has 0 aromatic rings. The molecule has 1 aliphatic heterocycles. The molecule has 4 heteroatoms. The third kappa shape index (κ3) is 3.38. The zero-order chi connectivity index (χ0) is 11.3. The van der Waals surface area contributed by atoms with E-state index in [4.69, 9.17) is 5.11 Å². The first-order valence-corrected chi connectivity index (χ1v) is 5.26. The van der Waals surface area contributed by atoms with Crippen molar-refractivity contribution in [1.82, 2.24) is 4.90 Å². The van der Waals surface area contributed by atoms with Crippen molar-refractivity contribution in [3.8, 4) is 0 Å². The van der Waals surface area contributed by atoms with Crippen LogP contribution in [0.1, 0.15) is 25.7 Å². The number of nitrogens with zero attached hydrogens (tertiary/aromatic N) is 1. The van der Waals surface area contributed by atoms with E-state index < -0.39 is 5.97 Å². The zero-order valence-corrected chi connectivity index (χ0v) is 8.82. The summed E-state index contributed by atoms with van der Waals surface area (Å²) in [7, 11) is 0. The standard InChI is InChI=1S/C11H17NO3/c1-2-3-6-10(13)12-7-4-5-9(8-12)11(14)15/h2,9H,1,3-8H2,(H,14,15). The molecule has 1 atom stereocenters. The number of carbonyl (C=O) groups excluding carboxylic acids is 1. The van der Waals surface area contributed by atoms with Gasteiger partial charge in [-0.1, -0.05) is 6.08 Å². The third-order valence-corrected chi connectivity index (χ3v) is 2.69. The van der Waals surface area contributed by atoms with E-state index in [0.717, 1.165) is 6.42 Å². The lowest BCUT2D eigenvalue weighted by Crippen LogP contribution is -2.42. The Morgan fingerprint density at radius 1 is 1.53 bits per heavy atom. The fourth-order valence-corrected chi connectivity index (χ4v) is 1.79. The molecule has 0 aromatic heterocycles. The first-order valence-electron chi connectivity index (χ1n) is 5.26. The van der Waals surface area contributed by atoms with E-state index in [-0.39, 0.29) is 11.8 Å². The molecule has 0 saturated carbocycles. The van der Waals surface area contributed by atoms with Gasteiger partial charge >= 0.3 is 5.97 Å². The summed E-state index contributed by atoms with van der Waals surface area (Å²) in [5.41, 5.74) is 0. The summed E-state index contributed by atoms with van der Waals surface area (Å²) in [6.07, 6.45) is 4.27. The number of allylic oxidation sites excluding steroid dienone is 1. The van der Waals surface area contributed by atoms with Crippen molar-refractivity contribution >= 4 is 11.9 Å². The number of likely N-dealkylation sites (tertiary alicyclic amines) is 1. The first-order chi connectivity index (χ1) is 7.15. The van der Waals surface area contributed by atoms with Gasteiger partial charge in [0.2, 0.25) is 5.91 Å². The molecule has 4 nitrogen and oxygen atoms in total. The van der Waals surface area contributed by atoms with Crippen LogP contribution in [0.2, 0.25) is 0 Å². The maximum Gasteiger partial charge on any atom is 0.308 e. The summed E-state index contributed by atoms with van der Waals surface area (Å²) >= 11 is 0. The number of hydrogen-bond donors (Lipinski definition) is 1. The quantitative estimate of drug-likeness (QED) is 0.712. The van der Waals surface area contributed by atoms with E-state index in [0.29, 0.717) is 32.4 Å². The van der Waals surface area contributed by atoms with Crippen molar-refractivity contribution in [3.63, 3.8) is 0 Å². The zero-order valence-electron chi connectivity index (χ0n) is 8.82. The van der Waals surface area contributed by atoms with Crippen molar-refractivity contribution in [2.75, 3.05) is 13.1 Å². The first kappa shape index (κ1) is 11.8. The smallest absolute Gasteiger partial charge is 0.308 e. The Morgan fingerprint density at radius 3 is 2.87 bits per heavy atom. The molecule has 1 heterocycles. The molecule has 1 amide bonds. The molecule has 15 heavy (non-hydrogen) atoms. The Kier molecular flexibility index (Phi) is 4.34. The molecular formula is C11H17NO3. The molecule has 1 N–H and O–H groups in total. The highest BCUT2D eigenvalue weighted by Gasteiger charge is 2.27. The summed E-state index contributed by atoms with van der Waals surface area (Å²) in [6.45, 7) is 4.62. The number of aliphatic carboxylic acids is 1. The minimum absolute atomic E-state index is 0.0425. The van der Waals surface area contributed by atoms with Gasteiger partial charge in [0.05, 0.1) is 5.92 Å². The normalized spacial score (nSPS) is 21.1. The third-order valence-electron chi connectivity index (χ3n) is 2.69. The molecule has 0 bridgehead atoms. The van der Waals surface area contributed by atoms with Crippen molar-refractivity contribution < 1.29 is 14.7 Å². The SMILES string of the molecule is C=CCCC(=O)N1CCCC(C(=O)O)C1. The Morgan fingerprint density at radius 2 is 2.27 bits per heavy atom. The van der Waals surface area contributed by atoms with Crippen LogP contribution in [0.4, 0.5) is 0 Å². The molecule has 1 rings (SSSR count). The maximum atomic E-state index is 11.6. The van der Waals surface area contributed by atoms with Crippen LogP contribution in [0.25, 0.3) is 0 Å². The highest BCUT2D eigenvalue weighted by molar-refractivity contribution is 5.78. The van der Waals surface area contributed by atoms with E-state index >= 15 is 0 Å². The minimum Gasteiger partial charge on any atom is -0.481 e. The van der Waals surface area contributed by atoms with Crippen LogP contribution in [0.15, 0.2) is 12.7 Å². The van der Waals surface area contributed by atoms with Gasteiger partial charge in [0.15, 0.2) is 0 Å². The van der Waals surface area contributed by atoms with E-state index in [1.165, 1.54) is 0 Å². The van der Waals surface area contributed by atoms with Crippen LogP contribution in [0, 0.1) is 5.92 Å². The second-order valence-electron chi connectivity index (χ2n) is 3.84. The van der Waals surface area contributed by atoms with Crippen molar-refractivity contribution in [2.24, 2.45) is 5.92 Å². The van der Waals surface area contributed by atoms with Crippen LogP contribution in [0.5, 0.6) is 0 Å². The van der Waals surface area contributed by atoms with E-state index in [9.17, 15) is 9.59 Å². The van der Waals surface area contributed by atoms with Gasteiger partial charge in [-0.2, -0.15) is 0 Å². The lowest BCUT2D eigenvalue weighted by atomic mass is 9.98. The number of hydrogen-bond acceptors (Lipinski definition) is 2. The molecule has 0 radical (unpaired) electrons.